The predicted octanol–water partition coefficient (Wildman–Crippen LogP) is 3.38. The second kappa shape index (κ2) is 6.32. The lowest BCUT2D eigenvalue weighted by atomic mass is 9.50. The van der Waals surface area contributed by atoms with Crippen LogP contribution in [0.3, 0.4) is 0 Å². The molecule has 0 spiro atoms. The largest absolute Gasteiger partial charge is 0.743 e. The fourth-order valence-electron chi connectivity index (χ4n) is 7.84. The third kappa shape index (κ3) is 2.72. The lowest BCUT2D eigenvalue weighted by Crippen LogP contribution is -2.61. The first-order chi connectivity index (χ1) is 13.8. The minimum atomic E-state index is -6.53. The maximum absolute atomic E-state index is 14.7. The summed E-state index contributed by atoms with van der Waals surface area (Å²) in [7, 11) is -6.53. The van der Waals surface area contributed by atoms with E-state index < -0.39 is 63.3 Å². The highest BCUT2D eigenvalue weighted by Gasteiger charge is 2.72. The number of aliphatic hydroxyl groups excluding tert-OH is 1. The molecule has 6 saturated carbocycles. The van der Waals surface area contributed by atoms with E-state index in [0.29, 0.717) is 11.8 Å². The first-order valence-corrected chi connectivity index (χ1v) is 12.2. The fourth-order valence-corrected chi connectivity index (χ4v) is 8.32. The number of aliphatic hydroxyl groups is 1. The average molecular weight is 455 g/mol. The number of ether oxygens (including phenoxy) is 1. The number of rotatable bonds is 5. The molecule has 6 aliphatic carbocycles. The standard InChI is InChI=1S/C20H28F4O5S/c1-18(12-3-9-2-10(5-12)6-13(18)4-9)29-17-14-7-11(16(17)25)8-15(14)19(21,22)20(23,24)30(26,27)28/h9-17,25H,2-8H2,1H3,(H,26,27,28)/p-1. The highest BCUT2D eigenvalue weighted by Crippen LogP contribution is 2.63. The zero-order valence-corrected chi connectivity index (χ0v) is 17.5. The first-order valence-electron chi connectivity index (χ1n) is 10.8. The van der Waals surface area contributed by atoms with Gasteiger partial charge in [0.1, 0.15) is 0 Å². The molecule has 30 heavy (non-hydrogen) atoms. The van der Waals surface area contributed by atoms with E-state index in [1.165, 1.54) is 6.42 Å². The van der Waals surface area contributed by atoms with E-state index in [4.69, 9.17) is 4.74 Å². The Labute approximate surface area is 173 Å². The van der Waals surface area contributed by atoms with E-state index in [2.05, 4.69) is 0 Å². The van der Waals surface area contributed by atoms with Gasteiger partial charge in [-0.15, -0.1) is 0 Å². The molecule has 0 aromatic heterocycles. The highest BCUT2D eigenvalue weighted by atomic mass is 32.2. The number of halogens is 4. The molecule has 10 heteroatoms. The van der Waals surface area contributed by atoms with Crippen LogP contribution in [0.15, 0.2) is 0 Å². The molecule has 5 atom stereocenters. The topological polar surface area (TPSA) is 86.7 Å². The van der Waals surface area contributed by atoms with E-state index in [-0.39, 0.29) is 18.3 Å². The van der Waals surface area contributed by atoms with Crippen LogP contribution >= 0.6 is 0 Å². The van der Waals surface area contributed by atoms with Gasteiger partial charge in [-0.1, -0.05) is 0 Å². The maximum atomic E-state index is 14.7. The van der Waals surface area contributed by atoms with Crippen molar-refractivity contribution in [3.63, 3.8) is 0 Å². The Morgan fingerprint density at radius 1 is 0.967 bits per heavy atom. The van der Waals surface area contributed by atoms with E-state index in [1.54, 1.807) is 0 Å². The Hall–Kier alpha value is -0.450. The van der Waals surface area contributed by atoms with Crippen molar-refractivity contribution in [3.8, 4) is 0 Å². The van der Waals surface area contributed by atoms with Gasteiger partial charge < -0.3 is 14.4 Å². The van der Waals surface area contributed by atoms with Crippen LogP contribution in [0.25, 0.3) is 0 Å². The molecule has 0 radical (unpaired) electrons. The molecule has 0 saturated heterocycles. The quantitative estimate of drug-likeness (QED) is 0.507. The SMILES string of the molecule is CC1(OC2C(O)C3CC2C(C(F)(F)C(F)(F)S(=O)(=O)[O-])C3)C2CC3CC(C2)CC1C3. The molecule has 172 valence electrons. The van der Waals surface area contributed by atoms with Crippen LogP contribution in [0.1, 0.15) is 51.9 Å². The normalized spacial score (nSPS) is 50.4. The Bertz CT molecular complexity index is 803. The maximum Gasteiger partial charge on any atom is 0.396 e. The van der Waals surface area contributed by atoms with Gasteiger partial charge in [-0.25, -0.2) is 8.42 Å². The molecule has 5 unspecified atom stereocenters. The lowest BCUT2D eigenvalue weighted by molar-refractivity contribution is -0.262. The van der Waals surface area contributed by atoms with E-state index >= 15 is 0 Å². The summed E-state index contributed by atoms with van der Waals surface area (Å²) in [5.74, 6) is -7.01. The zero-order valence-electron chi connectivity index (χ0n) is 16.6. The number of alkyl halides is 4. The van der Waals surface area contributed by atoms with Gasteiger partial charge in [0.2, 0.25) is 0 Å². The van der Waals surface area contributed by atoms with Crippen molar-refractivity contribution in [1.82, 2.24) is 0 Å². The van der Waals surface area contributed by atoms with Crippen LogP contribution in [0.4, 0.5) is 17.6 Å². The van der Waals surface area contributed by atoms with Crippen molar-refractivity contribution >= 4 is 10.1 Å². The summed E-state index contributed by atoms with van der Waals surface area (Å²) in [6.07, 6.45) is 2.71. The second-order valence-corrected chi connectivity index (χ2v) is 12.1. The van der Waals surface area contributed by atoms with Gasteiger partial charge in [-0.05, 0) is 87.4 Å². The monoisotopic (exact) mass is 455 g/mol. The first kappa shape index (κ1) is 21.4. The number of hydrogen-bond donors (Lipinski definition) is 1. The molecule has 6 bridgehead atoms. The minimum absolute atomic E-state index is 0.0672. The summed E-state index contributed by atoms with van der Waals surface area (Å²) >= 11 is 0. The summed E-state index contributed by atoms with van der Waals surface area (Å²) in [6.45, 7) is 1.96. The van der Waals surface area contributed by atoms with Gasteiger partial charge in [0.05, 0.1) is 17.8 Å². The molecule has 6 fully saturated rings. The molecule has 0 amide bonds. The molecule has 0 aliphatic heterocycles. The minimum Gasteiger partial charge on any atom is -0.743 e. The van der Waals surface area contributed by atoms with Crippen molar-refractivity contribution in [2.45, 2.75) is 80.9 Å². The average Bonchev–Trinajstić information content (AvgIpc) is 3.18. The predicted molar refractivity (Wildman–Crippen MR) is 95.6 cm³/mol. The van der Waals surface area contributed by atoms with Crippen LogP contribution in [0.2, 0.25) is 0 Å². The van der Waals surface area contributed by atoms with E-state index in [0.717, 1.165) is 25.7 Å². The van der Waals surface area contributed by atoms with Crippen molar-refractivity contribution in [1.29, 1.82) is 0 Å². The summed E-state index contributed by atoms with van der Waals surface area (Å²) in [5.41, 5.74) is -0.601. The smallest absolute Gasteiger partial charge is 0.396 e. The van der Waals surface area contributed by atoms with Crippen LogP contribution in [-0.4, -0.2) is 47.1 Å². The Morgan fingerprint density at radius 3 is 1.97 bits per heavy atom. The van der Waals surface area contributed by atoms with Gasteiger partial charge in [0.15, 0.2) is 10.1 Å². The van der Waals surface area contributed by atoms with Gasteiger partial charge in [-0.3, -0.25) is 0 Å². The van der Waals surface area contributed by atoms with Gasteiger partial charge >= 0.3 is 11.2 Å². The third-order valence-corrected chi connectivity index (χ3v) is 10.1. The van der Waals surface area contributed by atoms with Crippen LogP contribution in [0.5, 0.6) is 0 Å². The molecule has 0 heterocycles. The lowest BCUT2D eigenvalue weighted by Gasteiger charge is -2.61. The van der Waals surface area contributed by atoms with Crippen molar-refractivity contribution < 1.29 is 40.4 Å². The summed E-state index contributed by atoms with van der Waals surface area (Å²) in [4.78, 5) is 0. The molecule has 6 aliphatic rings. The fraction of sp³-hybridized carbons (Fsp3) is 1.00. The number of fused-ring (bicyclic) bond motifs is 2. The van der Waals surface area contributed by atoms with Crippen molar-refractivity contribution in [2.24, 2.45) is 41.4 Å². The zero-order chi connectivity index (χ0) is 21.9. The Kier molecular flexibility index (Phi) is 4.51. The van der Waals surface area contributed by atoms with Crippen molar-refractivity contribution in [2.75, 3.05) is 0 Å². The number of hydrogen-bond acceptors (Lipinski definition) is 5. The molecule has 0 aromatic carbocycles. The summed E-state index contributed by atoms with van der Waals surface area (Å²) in [5, 5.41) is 4.96. The van der Waals surface area contributed by atoms with Crippen LogP contribution in [-0.2, 0) is 14.9 Å². The molecule has 5 nitrogen and oxygen atoms in total. The molecular weight excluding hydrogens is 428 g/mol. The summed E-state index contributed by atoms with van der Waals surface area (Å²) in [6, 6.07) is 0. The molecule has 1 N–H and O–H groups in total. The second-order valence-electron chi connectivity index (χ2n) is 10.7. The Morgan fingerprint density at radius 2 is 1.50 bits per heavy atom. The highest BCUT2D eigenvalue weighted by molar-refractivity contribution is 7.86. The van der Waals surface area contributed by atoms with Gasteiger partial charge in [0.25, 0.3) is 0 Å². The van der Waals surface area contributed by atoms with Crippen molar-refractivity contribution in [3.05, 3.63) is 0 Å². The third-order valence-electron chi connectivity index (χ3n) is 9.21. The van der Waals surface area contributed by atoms with Crippen LogP contribution in [0, 0.1) is 41.4 Å². The molecule has 6 rings (SSSR count). The van der Waals surface area contributed by atoms with E-state index in [9.17, 15) is 35.6 Å². The Balaban J connectivity index is 1.41. The summed E-state index contributed by atoms with van der Waals surface area (Å²) < 4.78 is 96.2. The van der Waals surface area contributed by atoms with Crippen LogP contribution < -0.4 is 0 Å². The molecular formula is C20H27F4O5S-. The van der Waals surface area contributed by atoms with E-state index in [1.807, 2.05) is 6.92 Å². The van der Waals surface area contributed by atoms with Gasteiger partial charge in [0, 0.05) is 5.92 Å². The molecule has 0 aromatic rings. The van der Waals surface area contributed by atoms with Gasteiger partial charge in [-0.2, -0.15) is 17.6 Å².